The maximum Gasteiger partial charge on any atom is 0.220 e. The van der Waals surface area contributed by atoms with Crippen molar-refractivity contribution in [2.24, 2.45) is 0 Å². The topological polar surface area (TPSA) is 149 Å². The van der Waals surface area contributed by atoms with Crippen LogP contribution in [0.25, 0.3) is 0 Å². The van der Waals surface area contributed by atoms with Crippen LogP contribution in [0.15, 0.2) is 170 Å². The maximum atomic E-state index is 13.0. The van der Waals surface area contributed by atoms with Crippen LogP contribution in [0.1, 0.15) is 194 Å². The van der Waals surface area contributed by atoms with Gasteiger partial charge >= 0.3 is 0 Å². The van der Waals surface area contributed by atoms with Gasteiger partial charge in [0, 0.05) is 6.42 Å². The van der Waals surface area contributed by atoms with E-state index in [9.17, 15) is 30.3 Å². The van der Waals surface area contributed by atoms with Gasteiger partial charge in [0.05, 0.1) is 25.4 Å². The Morgan fingerprint density at radius 1 is 0.455 bits per heavy atom. The molecule has 7 unspecified atom stereocenters. The zero-order valence-corrected chi connectivity index (χ0v) is 47.9. The van der Waals surface area contributed by atoms with Crippen LogP contribution in [0.2, 0.25) is 0 Å². The molecule has 7 atom stereocenters. The average molecular weight is 1070 g/mol. The molecule has 0 bridgehead atoms. The highest BCUT2D eigenvalue weighted by molar-refractivity contribution is 5.76. The van der Waals surface area contributed by atoms with Gasteiger partial charge < -0.3 is 40.3 Å². The van der Waals surface area contributed by atoms with E-state index in [0.29, 0.717) is 12.8 Å². The number of rotatable bonds is 48. The molecule has 1 rings (SSSR count). The van der Waals surface area contributed by atoms with Crippen LogP contribution < -0.4 is 5.32 Å². The number of carbonyl (C=O) groups excluding carboxylic acids is 1. The molecule has 1 heterocycles. The Balaban J connectivity index is 2.20. The van der Waals surface area contributed by atoms with Crippen molar-refractivity contribution >= 4 is 5.91 Å². The number of carbonyl (C=O) groups is 1. The van der Waals surface area contributed by atoms with Crippen LogP contribution in [-0.2, 0) is 14.3 Å². The fourth-order valence-electron chi connectivity index (χ4n) is 8.09. The summed E-state index contributed by atoms with van der Waals surface area (Å²) in [5.74, 6) is -0.220. The summed E-state index contributed by atoms with van der Waals surface area (Å²) in [6, 6.07) is -0.847. The van der Waals surface area contributed by atoms with Gasteiger partial charge in [-0.2, -0.15) is 0 Å². The average Bonchev–Trinajstić information content (AvgIpc) is 3.43. The fraction of sp³-hybridized carbons (Fsp3) is 0.574. The minimum Gasteiger partial charge on any atom is -0.394 e. The Morgan fingerprint density at radius 3 is 1.25 bits per heavy atom. The van der Waals surface area contributed by atoms with Crippen molar-refractivity contribution < 1.29 is 39.8 Å². The van der Waals surface area contributed by atoms with Crippen molar-refractivity contribution in [3.05, 3.63) is 170 Å². The Morgan fingerprint density at radius 2 is 0.818 bits per heavy atom. The Bertz CT molecular complexity index is 1810. The van der Waals surface area contributed by atoms with Gasteiger partial charge in [-0.05, 0) is 122 Å². The molecule has 9 heteroatoms. The molecule has 0 radical (unpaired) electrons. The summed E-state index contributed by atoms with van der Waals surface area (Å²) in [6.07, 6.45) is 81.4. The third-order valence-electron chi connectivity index (χ3n) is 12.8. The highest BCUT2D eigenvalue weighted by Crippen LogP contribution is 2.22. The summed E-state index contributed by atoms with van der Waals surface area (Å²) in [5.41, 5.74) is 0. The lowest BCUT2D eigenvalue weighted by atomic mass is 9.99. The summed E-state index contributed by atoms with van der Waals surface area (Å²) < 4.78 is 11.2. The molecule has 1 saturated heterocycles. The first-order valence-electron chi connectivity index (χ1n) is 29.9. The molecular weight excluding hydrogens is 959 g/mol. The fourth-order valence-corrected chi connectivity index (χ4v) is 8.09. The van der Waals surface area contributed by atoms with Gasteiger partial charge in [0.25, 0.3) is 0 Å². The zero-order chi connectivity index (χ0) is 55.8. The van der Waals surface area contributed by atoms with Crippen molar-refractivity contribution in [3.63, 3.8) is 0 Å². The first-order chi connectivity index (χ1) is 37.8. The summed E-state index contributed by atoms with van der Waals surface area (Å²) in [6.45, 7) is 3.59. The minimum atomic E-state index is -1.59. The number of amides is 1. The van der Waals surface area contributed by atoms with Crippen molar-refractivity contribution in [2.75, 3.05) is 13.2 Å². The molecule has 1 aliphatic rings. The molecule has 0 saturated carbocycles. The highest BCUT2D eigenvalue weighted by Gasteiger charge is 2.44. The highest BCUT2D eigenvalue weighted by atomic mass is 16.7. The molecule has 432 valence electrons. The van der Waals surface area contributed by atoms with Crippen molar-refractivity contribution in [2.45, 2.75) is 236 Å². The summed E-state index contributed by atoms with van der Waals surface area (Å²) in [5, 5.41) is 54.3. The van der Waals surface area contributed by atoms with Crippen LogP contribution in [0.5, 0.6) is 0 Å². The lowest BCUT2D eigenvalue weighted by molar-refractivity contribution is -0.302. The second kappa shape index (κ2) is 54.9. The SMILES string of the molecule is CC/C=C\C/C=C\C/C=C\C/C=C\C/C=C\C/C=C\C/C=C\C/C=C\C/C=C\C/C=C\C/C=C\C/C=C\CCCCCCC(=O)NC(COC1OC(CO)C(O)C(O)C1O)C(O)/C=C/CC/C=C/CCCCCCCCC. The minimum absolute atomic E-state index is 0.220. The van der Waals surface area contributed by atoms with Gasteiger partial charge in [0.2, 0.25) is 5.91 Å². The number of aliphatic hydroxyl groups is 5. The molecule has 1 aliphatic heterocycles. The second-order valence-corrected chi connectivity index (χ2v) is 19.7. The molecule has 0 aromatic carbocycles. The monoisotopic (exact) mass is 1070 g/mol. The number of ether oxygens (including phenoxy) is 2. The number of hydrogen-bond acceptors (Lipinski definition) is 8. The van der Waals surface area contributed by atoms with E-state index in [0.717, 1.165) is 122 Å². The summed E-state index contributed by atoms with van der Waals surface area (Å²) >= 11 is 0. The van der Waals surface area contributed by atoms with E-state index in [4.69, 9.17) is 9.47 Å². The molecule has 0 aromatic heterocycles. The lowest BCUT2D eigenvalue weighted by Gasteiger charge is -2.40. The van der Waals surface area contributed by atoms with E-state index in [1.54, 1.807) is 6.08 Å². The van der Waals surface area contributed by atoms with E-state index in [1.165, 1.54) is 44.9 Å². The van der Waals surface area contributed by atoms with E-state index < -0.39 is 49.5 Å². The van der Waals surface area contributed by atoms with Gasteiger partial charge in [-0.25, -0.2) is 0 Å². The first-order valence-corrected chi connectivity index (χ1v) is 29.9. The van der Waals surface area contributed by atoms with Crippen LogP contribution >= 0.6 is 0 Å². The van der Waals surface area contributed by atoms with Gasteiger partial charge in [-0.15, -0.1) is 0 Å². The second-order valence-electron chi connectivity index (χ2n) is 19.7. The normalized spacial score (nSPS) is 20.0. The lowest BCUT2D eigenvalue weighted by Crippen LogP contribution is -2.60. The molecule has 9 nitrogen and oxygen atoms in total. The number of aliphatic hydroxyl groups excluding tert-OH is 5. The number of hydrogen-bond donors (Lipinski definition) is 6. The number of nitrogens with one attached hydrogen (secondary N) is 1. The standard InChI is InChI=1S/C68H107NO8/c1-3-5-7-9-11-13-15-17-18-19-20-21-22-23-24-25-26-27-28-29-30-31-32-33-34-35-36-37-38-39-40-41-42-43-44-46-48-50-52-54-56-58-64(72)69-61(60-76-68-67(75)66(74)65(73)63(59-70)77-68)62(71)57-55-53-51-49-47-45-16-14-12-10-8-6-4-2/h5,7,11,13,17-18,20-21,23-24,26-27,29-30,32-33,35-36,38-39,41-42,44,46-47,49,55,57,61-63,65-68,70-71,73-75H,3-4,6,8-10,12,14-16,19,22,25,28,31,34,37,40,43,45,48,50-54,56,58-60H2,1-2H3,(H,69,72)/b7-5-,13-11-,18-17-,21-20-,24-23-,27-26-,30-29-,33-32-,36-35-,39-38-,42-41-,46-44-,49-47+,57-55+. The molecule has 1 amide bonds. The van der Waals surface area contributed by atoms with Crippen LogP contribution in [0.4, 0.5) is 0 Å². The molecule has 6 N–H and O–H groups in total. The van der Waals surface area contributed by atoms with E-state index in [1.807, 2.05) is 6.08 Å². The third kappa shape index (κ3) is 44.1. The number of unbranched alkanes of at least 4 members (excludes halogenated alkanes) is 12. The van der Waals surface area contributed by atoms with E-state index >= 15 is 0 Å². The largest absolute Gasteiger partial charge is 0.394 e. The van der Waals surface area contributed by atoms with Gasteiger partial charge in [-0.3, -0.25) is 4.79 Å². The van der Waals surface area contributed by atoms with E-state index in [-0.39, 0.29) is 12.5 Å². The van der Waals surface area contributed by atoms with Crippen LogP contribution in [0.3, 0.4) is 0 Å². The quantitative estimate of drug-likeness (QED) is 0.0261. The zero-order valence-electron chi connectivity index (χ0n) is 47.9. The molecule has 0 spiro atoms. The third-order valence-corrected chi connectivity index (χ3v) is 12.8. The summed E-state index contributed by atoms with van der Waals surface area (Å²) in [7, 11) is 0. The molecule has 1 fully saturated rings. The molecule has 0 aromatic rings. The molecule has 0 aliphatic carbocycles. The predicted molar refractivity (Wildman–Crippen MR) is 326 cm³/mol. The number of allylic oxidation sites excluding steroid dienone is 27. The molecular formula is C68H107NO8. The van der Waals surface area contributed by atoms with Crippen molar-refractivity contribution in [3.8, 4) is 0 Å². The molecule has 77 heavy (non-hydrogen) atoms. The van der Waals surface area contributed by atoms with Crippen LogP contribution in [0, 0.1) is 0 Å². The van der Waals surface area contributed by atoms with Crippen molar-refractivity contribution in [1.82, 2.24) is 5.32 Å². The Hall–Kier alpha value is -4.45. The van der Waals surface area contributed by atoms with Gasteiger partial charge in [-0.1, -0.05) is 235 Å². The Labute approximate surface area is 468 Å². The Kier molecular flexibility index (Phi) is 50.3. The first kappa shape index (κ1) is 70.6. The predicted octanol–water partition coefficient (Wildman–Crippen LogP) is 15.4. The van der Waals surface area contributed by atoms with Crippen LogP contribution in [-0.4, -0.2) is 87.5 Å². The summed E-state index contributed by atoms with van der Waals surface area (Å²) in [4.78, 5) is 13.0. The van der Waals surface area contributed by atoms with Gasteiger partial charge in [0.1, 0.15) is 24.4 Å². The van der Waals surface area contributed by atoms with E-state index in [2.05, 4.69) is 177 Å². The van der Waals surface area contributed by atoms with Crippen molar-refractivity contribution in [1.29, 1.82) is 0 Å². The van der Waals surface area contributed by atoms with Gasteiger partial charge in [0.15, 0.2) is 6.29 Å². The smallest absolute Gasteiger partial charge is 0.220 e. The maximum absolute atomic E-state index is 13.0.